The molecule has 230 valence electrons. The fourth-order valence-corrected chi connectivity index (χ4v) is 8.48. The third kappa shape index (κ3) is 4.55. The predicted molar refractivity (Wildman–Crippen MR) is 165 cm³/mol. The topological polar surface area (TPSA) is 83.4 Å². The highest BCUT2D eigenvalue weighted by molar-refractivity contribution is 6.02. The molecule has 3 aliphatic heterocycles. The van der Waals surface area contributed by atoms with Gasteiger partial charge in [0.25, 0.3) is 6.08 Å². The molecule has 45 heavy (non-hydrogen) atoms. The molecule has 2 bridgehead atoms. The molecule has 4 aromatic rings. The minimum Gasteiger partial charge on any atom is -0.508 e. The van der Waals surface area contributed by atoms with Crippen molar-refractivity contribution in [3.8, 4) is 35.4 Å². The molecule has 0 radical (unpaired) electrons. The van der Waals surface area contributed by atoms with E-state index in [1.165, 1.54) is 6.07 Å². The molecule has 5 heterocycles. The van der Waals surface area contributed by atoms with Crippen LogP contribution in [0.25, 0.3) is 32.9 Å². The van der Waals surface area contributed by atoms with Gasteiger partial charge in [0.2, 0.25) is 0 Å². The molecule has 2 aromatic carbocycles. The number of pyridine rings is 1. The number of nitrogens with zero attached hydrogens (tertiary/aromatic N) is 4. The fourth-order valence-electron chi connectivity index (χ4n) is 8.48. The van der Waals surface area contributed by atoms with Crippen LogP contribution in [0.2, 0.25) is 0 Å². The fraction of sp³-hybridized carbons (Fsp3) is 0.400. The predicted octanol–water partition coefficient (Wildman–Crippen LogP) is 6.15. The number of terminal acetylenes is 1. The second kappa shape index (κ2) is 10.7. The quantitative estimate of drug-likeness (QED) is 0.262. The third-order valence-corrected chi connectivity index (χ3v) is 10.5. The molecule has 0 amide bonds. The molecular formula is C35H32F3N5O2. The molecule has 3 atom stereocenters. The molecule has 1 saturated carbocycles. The van der Waals surface area contributed by atoms with Crippen LogP contribution in [0.1, 0.15) is 49.3 Å². The number of halogens is 3. The van der Waals surface area contributed by atoms with Gasteiger partial charge >= 0.3 is 6.01 Å². The summed E-state index contributed by atoms with van der Waals surface area (Å²) in [4.78, 5) is 16.2. The Morgan fingerprint density at radius 2 is 2.00 bits per heavy atom. The maximum atomic E-state index is 16.8. The maximum absolute atomic E-state index is 16.8. The lowest BCUT2D eigenvalue weighted by atomic mass is 9.82. The molecule has 4 aliphatic rings. The van der Waals surface area contributed by atoms with Gasteiger partial charge < -0.3 is 15.2 Å². The molecule has 10 heteroatoms. The Balaban J connectivity index is 1.27. The molecule has 4 fully saturated rings. The van der Waals surface area contributed by atoms with Crippen molar-refractivity contribution in [3.63, 3.8) is 0 Å². The molecule has 3 saturated heterocycles. The van der Waals surface area contributed by atoms with Crippen LogP contribution >= 0.6 is 0 Å². The Labute approximate surface area is 258 Å². The molecule has 1 aliphatic carbocycles. The number of fused-ring (bicyclic) bond motifs is 5. The summed E-state index contributed by atoms with van der Waals surface area (Å²) in [5, 5.41) is 15.9. The van der Waals surface area contributed by atoms with E-state index in [-0.39, 0.29) is 54.0 Å². The van der Waals surface area contributed by atoms with E-state index in [1.54, 1.807) is 24.4 Å². The molecule has 2 aromatic heterocycles. The number of phenols is 1. The van der Waals surface area contributed by atoms with Crippen LogP contribution in [-0.2, 0) is 0 Å². The Hall–Kier alpha value is -4.20. The number of hydrogen-bond acceptors (Lipinski definition) is 7. The van der Waals surface area contributed by atoms with Crippen LogP contribution in [0.5, 0.6) is 11.8 Å². The van der Waals surface area contributed by atoms with Crippen molar-refractivity contribution in [1.29, 1.82) is 0 Å². The maximum Gasteiger partial charge on any atom is 0.317 e. The largest absolute Gasteiger partial charge is 0.508 e. The van der Waals surface area contributed by atoms with E-state index in [1.807, 2.05) is 6.07 Å². The lowest BCUT2D eigenvalue weighted by molar-refractivity contribution is 0.107. The van der Waals surface area contributed by atoms with Crippen molar-refractivity contribution >= 4 is 21.7 Å². The first-order chi connectivity index (χ1) is 21.8. The summed E-state index contributed by atoms with van der Waals surface area (Å²) >= 11 is 0. The number of aromatic nitrogens is 3. The number of aromatic hydroxyl groups is 1. The lowest BCUT2D eigenvalue weighted by Crippen LogP contribution is -2.43. The summed E-state index contributed by atoms with van der Waals surface area (Å²) in [6, 6.07) is 8.46. The van der Waals surface area contributed by atoms with Crippen molar-refractivity contribution in [2.24, 2.45) is 11.8 Å². The van der Waals surface area contributed by atoms with Gasteiger partial charge in [0.15, 0.2) is 5.82 Å². The van der Waals surface area contributed by atoms with Crippen LogP contribution in [0.15, 0.2) is 48.2 Å². The number of benzene rings is 2. The number of nitrogens with one attached hydrogen (secondary N) is 1. The van der Waals surface area contributed by atoms with E-state index < -0.39 is 17.4 Å². The number of phenolic OH excluding ortho intramolecular Hbond substituents is 1. The van der Waals surface area contributed by atoms with Crippen molar-refractivity contribution < 1.29 is 23.0 Å². The molecule has 0 spiro atoms. The van der Waals surface area contributed by atoms with Gasteiger partial charge in [-0.15, -0.1) is 6.42 Å². The second-order valence-corrected chi connectivity index (χ2v) is 13.0. The summed E-state index contributed by atoms with van der Waals surface area (Å²) in [5.74, 6) is 2.73. The number of ether oxygens (including phenoxy) is 1. The van der Waals surface area contributed by atoms with E-state index in [0.29, 0.717) is 39.1 Å². The summed E-state index contributed by atoms with van der Waals surface area (Å²) in [6.07, 6.45) is 9.77. The van der Waals surface area contributed by atoms with Gasteiger partial charge in [0.05, 0.1) is 11.2 Å². The van der Waals surface area contributed by atoms with E-state index in [4.69, 9.17) is 16.1 Å². The SMILES string of the molecule is C#Cc1cccc2cc(O)cc(-c3ncc4c(C5C6CCC5CNC6)nc(OCC56CCCN5CC(=C(F)F)C6)nc4c3F)c12. The minimum atomic E-state index is -1.62. The molecule has 2 N–H and O–H groups in total. The van der Waals surface area contributed by atoms with Crippen molar-refractivity contribution in [3.05, 3.63) is 65.3 Å². The Morgan fingerprint density at radius 3 is 2.78 bits per heavy atom. The zero-order valence-electron chi connectivity index (χ0n) is 24.6. The van der Waals surface area contributed by atoms with E-state index in [0.717, 1.165) is 51.0 Å². The highest BCUT2D eigenvalue weighted by Crippen LogP contribution is 2.48. The number of piperidine rings is 1. The standard InChI is InChI=1S/C35H32F3N5O2/c1-2-19-5-3-6-20-11-24(44)12-25(27(19)20)31-29(36)32-26(16-40-31)30(28-21-7-8-22(28)15-39-14-21)41-34(42-32)45-18-35-9-4-10-43(35)17-23(13-35)33(37)38/h1,3,5-6,11-12,16,21-22,28,39,44H,4,7-10,13-15,17-18H2. The summed E-state index contributed by atoms with van der Waals surface area (Å²) in [6.45, 7) is 2.79. The highest BCUT2D eigenvalue weighted by Gasteiger charge is 2.48. The van der Waals surface area contributed by atoms with Crippen molar-refractivity contribution in [1.82, 2.24) is 25.2 Å². The van der Waals surface area contributed by atoms with Crippen LogP contribution in [0, 0.1) is 30.0 Å². The summed E-state index contributed by atoms with van der Waals surface area (Å²) in [7, 11) is 0. The molecular weight excluding hydrogens is 579 g/mol. The van der Waals surface area contributed by atoms with Crippen molar-refractivity contribution in [2.45, 2.75) is 43.6 Å². The van der Waals surface area contributed by atoms with Crippen LogP contribution < -0.4 is 10.1 Å². The highest BCUT2D eigenvalue weighted by atomic mass is 19.3. The van der Waals surface area contributed by atoms with Crippen LogP contribution in [0.3, 0.4) is 0 Å². The normalized spacial score (nSPS) is 26.0. The lowest BCUT2D eigenvalue weighted by Gasteiger charge is -2.32. The monoisotopic (exact) mass is 611 g/mol. The van der Waals surface area contributed by atoms with Gasteiger partial charge in [-0.2, -0.15) is 18.7 Å². The average molecular weight is 612 g/mol. The zero-order valence-corrected chi connectivity index (χ0v) is 24.6. The first kappa shape index (κ1) is 28.3. The second-order valence-electron chi connectivity index (χ2n) is 13.0. The van der Waals surface area contributed by atoms with E-state index in [9.17, 15) is 13.9 Å². The van der Waals surface area contributed by atoms with E-state index in [2.05, 4.69) is 26.1 Å². The summed E-state index contributed by atoms with van der Waals surface area (Å²) in [5.41, 5.74) is 1.32. The Bertz CT molecular complexity index is 1920. The molecule has 8 rings (SSSR count). The number of hydrogen-bond donors (Lipinski definition) is 2. The zero-order chi connectivity index (χ0) is 30.9. The van der Waals surface area contributed by atoms with Gasteiger partial charge in [-0.1, -0.05) is 18.1 Å². The first-order valence-corrected chi connectivity index (χ1v) is 15.6. The van der Waals surface area contributed by atoms with Gasteiger partial charge in [-0.05, 0) is 87.2 Å². The van der Waals surface area contributed by atoms with E-state index >= 15 is 4.39 Å². The molecule has 7 nitrogen and oxygen atoms in total. The average Bonchev–Trinajstić information content (AvgIpc) is 3.67. The third-order valence-electron chi connectivity index (χ3n) is 10.5. The smallest absolute Gasteiger partial charge is 0.317 e. The van der Waals surface area contributed by atoms with Gasteiger partial charge in [0.1, 0.15) is 23.6 Å². The van der Waals surface area contributed by atoms with Crippen LogP contribution in [-0.4, -0.2) is 63.3 Å². The Kier molecular flexibility index (Phi) is 6.73. The van der Waals surface area contributed by atoms with Crippen LogP contribution in [0.4, 0.5) is 13.2 Å². The minimum absolute atomic E-state index is 0.0135. The first-order valence-electron chi connectivity index (χ1n) is 15.6. The molecule has 3 unspecified atom stereocenters. The number of rotatable bonds is 5. The van der Waals surface area contributed by atoms with Crippen molar-refractivity contribution in [2.75, 3.05) is 32.8 Å². The van der Waals surface area contributed by atoms with Gasteiger partial charge in [-0.3, -0.25) is 9.88 Å². The van der Waals surface area contributed by atoms with Gasteiger partial charge in [-0.25, -0.2) is 4.39 Å². The Morgan fingerprint density at radius 1 is 1.18 bits per heavy atom. The van der Waals surface area contributed by atoms with Gasteiger partial charge in [0, 0.05) is 46.1 Å². The summed E-state index contributed by atoms with van der Waals surface area (Å²) < 4.78 is 50.3.